The summed E-state index contributed by atoms with van der Waals surface area (Å²) in [4.78, 5) is 9.55. The van der Waals surface area contributed by atoms with Gasteiger partial charge in [-0.25, -0.2) is 0 Å². The lowest BCUT2D eigenvalue weighted by Gasteiger charge is -2.29. The van der Waals surface area contributed by atoms with Crippen molar-refractivity contribution in [2.45, 2.75) is 27.3 Å². The fourth-order valence-electron chi connectivity index (χ4n) is 3.04. The third-order valence-electron chi connectivity index (χ3n) is 4.46. The maximum atomic E-state index is 5.42. The van der Waals surface area contributed by atoms with Crippen molar-refractivity contribution >= 4 is 5.96 Å². The van der Waals surface area contributed by atoms with E-state index in [9.17, 15) is 0 Å². The lowest BCUT2D eigenvalue weighted by atomic mass is 10.1. The monoisotopic (exact) mass is 346 g/mol. The Morgan fingerprint density at radius 2 is 1.96 bits per heavy atom. The molecule has 2 rings (SSSR count). The Balaban J connectivity index is 1.88. The first kappa shape index (κ1) is 19.7. The van der Waals surface area contributed by atoms with Gasteiger partial charge >= 0.3 is 0 Å². The standard InChI is InChI=1S/C20H34N4O/c1-5-21-20(23(4)16-19-8-6-17(2)7-9-19)22-14-18(3)15-24-10-12-25-13-11-24/h6-9,18H,5,10-16H2,1-4H3,(H,21,22). The molecule has 0 radical (unpaired) electrons. The zero-order valence-electron chi connectivity index (χ0n) is 16.3. The van der Waals surface area contributed by atoms with Crippen LogP contribution < -0.4 is 5.32 Å². The van der Waals surface area contributed by atoms with Crippen LogP contribution in [-0.4, -0.2) is 68.7 Å². The molecule has 140 valence electrons. The average molecular weight is 347 g/mol. The van der Waals surface area contributed by atoms with Crippen LogP contribution in [0.25, 0.3) is 0 Å². The first-order valence-corrected chi connectivity index (χ1v) is 9.43. The zero-order valence-corrected chi connectivity index (χ0v) is 16.3. The maximum Gasteiger partial charge on any atom is 0.193 e. The van der Waals surface area contributed by atoms with Gasteiger partial charge in [-0.3, -0.25) is 9.89 Å². The molecule has 5 heteroatoms. The highest BCUT2D eigenvalue weighted by Crippen LogP contribution is 2.07. The molecule has 0 aliphatic carbocycles. The van der Waals surface area contributed by atoms with E-state index in [4.69, 9.17) is 9.73 Å². The normalized spacial score (nSPS) is 17.4. The number of morpholine rings is 1. The van der Waals surface area contributed by atoms with Crippen molar-refractivity contribution in [2.75, 3.05) is 53.0 Å². The summed E-state index contributed by atoms with van der Waals surface area (Å²) in [7, 11) is 2.11. The Labute approximate surface area is 153 Å². The van der Waals surface area contributed by atoms with Gasteiger partial charge in [-0.15, -0.1) is 0 Å². The summed E-state index contributed by atoms with van der Waals surface area (Å²) >= 11 is 0. The molecule has 0 aromatic heterocycles. The van der Waals surface area contributed by atoms with Crippen molar-refractivity contribution in [3.8, 4) is 0 Å². The quantitative estimate of drug-likeness (QED) is 0.608. The second-order valence-electron chi connectivity index (χ2n) is 7.05. The summed E-state index contributed by atoms with van der Waals surface area (Å²) in [6.45, 7) is 14.0. The molecule has 5 nitrogen and oxygen atoms in total. The Kier molecular flexibility index (Phi) is 8.22. The van der Waals surface area contributed by atoms with Gasteiger partial charge in [-0.1, -0.05) is 36.8 Å². The van der Waals surface area contributed by atoms with Crippen molar-refractivity contribution < 1.29 is 4.74 Å². The van der Waals surface area contributed by atoms with Gasteiger partial charge in [0, 0.05) is 46.3 Å². The van der Waals surface area contributed by atoms with E-state index in [2.05, 4.69) is 67.2 Å². The van der Waals surface area contributed by atoms with E-state index in [-0.39, 0.29) is 0 Å². The van der Waals surface area contributed by atoms with Gasteiger partial charge in [0.25, 0.3) is 0 Å². The van der Waals surface area contributed by atoms with E-state index < -0.39 is 0 Å². The molecule has 1 unspecified atom stereocenters. The minimum absolute atomic E-state index is 0.541. The van der Waals surface area contributed by atoms with E-state index in [1.165, 1.54) is 11.1 Å². The van der Waals surface area contributed by atoms with E-state index in [0.29, 0.717) is 5.92 Å². The number of nitrogens with zero attached hydrogens (tertiary/aromatic N) is 3. The van der Waals surface area contributed by atoms with Crippen LogP contribution in [0, 0.1) is 12.8 Å². The van der Waals surface area contributed by atoms with Crippen LogP contribution in [-0.2, 0) is 11.3 Å². The SMILES string of the molecule is CCNC(=NCC(C)CN1CCOCC1)N(C)Cc1ccc(C)cc1. The van der Waals surface area contributed by atoms with Gasteiger partial charge in [0.1, 0.15) is 0 Å². The number of rotatable bonds is 7. The van der Waals surface area contributed by atoms with E-state index in [1.54, 1.807) is 0 Å². The highest BCUT2D eigenvalue weighted by atomic mass is 16.5. The van der Waals surface area contributed by atoms with Gasteiger partial charge in [-0.05, 0) is 25.3 Å². The first-order chi connectivity index (χ1) is 12.1. The average Bonchev–Trinajstić information content (AvgIpc) is 2.61. The van der Waals surface area contributed by atoms with Crippen LogP contribution in [0.15, 0.2) is 29.3 Å². The topological polar surface area (TPSA) is 40.1 Å². The van der Waals surface area contributed by atoms with Crippen LogP contribution in [0.3, 0.4) is 0 Å². The molecule has 1 aromatic carbocycles. The molecule has 1 aliphatic heterocycles. The molecular formula is C20H34N4O. The maximum absolute atomic E-state index is 5.42. The van der Waals surface area contributed by atoms with Crippen LogP contribution in [0.4, 0.5) is 0 Å². The third-order valence-corrected chi connectivity index (χ3v) is 4.46. The predicted octanol–water partition coefficient (Wildman–Crippen LogP) is 2.36. The lowest BCUT2D eigenvalue weighted by molar-refractivity contribution is 0.0323. The van der Waals surface area contributed by atoms with Gasteiger partial charge in [-0.2, -0.15) is 0 Å². The number of ether oxygens (including phenoxy) is 1. The Bertz CT molecular complexity index is 523. The van der Waals surface area contributed by atoms with E-state index in [0.717, 1.165) is 58.4 Å². The number of benzene rings is 1. The van der Waals surface area contributed by atoms with Gasteiger partial charge in [0.2, 0.25) is 0 Å². The molecule has 1 aromatic rings. The minimum Gasteiger partial charge on any atom is -0.379 e. The molecule has 1 fully saturated rings. The predicted molar refractivity (Wildman–Crippen MR) is 105 cm³/mol. The molecule has 25 heavy (non-hydrogen) atoms. The van der Waals surface area contributed by atoms with E-state index >= 15 is 0 Å². The molecule has 1 heterocycles. The fourth-order valence-corrected chi connectivity index (χ4v) is 3.04. The van der Waals surface area contributed by atoms with Crippen molar-refractivity contribution in [1.29, 1.82) is 0 Å². The third kappa shape index (κ3) is 7.04. The molecule has 0 bridgehead atoms. The summed E-state index contributed by atoms with van der Waals surface area (Å²) in [6.07, 6.45) is 0. The van der Waals surface area contributed by atoms with Crippen LogP contribution in [0.1, 0.15) is 25.0 Å². The van der Waals surface area contributed by atoms with Crippen LogP contribution >= 0.6 is 0 Å². The van der Waals surface area contributed by atoms with Crippen LogP contribution in [0.2, 0.25) is 0 Å². The molecule has 0 saturated carbocycles. The Morgan fingerprint density at radius 1 is 1.28 bits per heavy atom. The highest BCUT2D eigenvalue weighted by molar-refractivity contribution is 5.79. The molecule has 1 N–H and O–H groups in total. The molecule has 1 atom stereocenters. The zero-order chi connectivity index (χ0) is 18.1. The van der Waals surface area contributed by atoms with Crippen molar-refractivity contribution in [2.24, 2.45) is 10.9 Å². The smallest absolute Gasteiger partial charge is 0.193 e. The number of guanidine groups is 1. The molecule has 0 spiro atoms. The molecule has 1 aliphatic rings. The number of hydrogen-bond donors (Lipinski definition) is 1. The second kappa shape index (κ2) is 10.4. The van der Waals surface area contributed by atoms with Gasteiger partial charge < -0.3 is 15.0 Å². The summed E-state index contributed by atoms with van der Waals surface area (Å²) in [6, 6.07) is 8.71. The second-order valence-corrected chi connectivity index (χ2v) is 7.05. The number of nitrogens with one attached hydrogen (secondary N) is 1. The van der Waals surface area contributed by atoms with Crippen LogP contribution in [0.5, 0.6) is 0 Å². The molecule has 0 amide bonds. The Morgan fingerprint density at radius 3 is 2.60 bits per heavy atom. The molecule has 1 saturated heterocycles. The summed E-state index contributed by atoms with van der Waals surface area (Å²) in [5.41, 5.74) is 2.60. The number of aryl methyl sites for hydroxylation is 1. The fraction of sp³-hybridized carbons (Fsp3) is 0.650. The van der Waals surface area contributed by atoms with E-state index in [1.807, 2.05) is 0 Å². The number of hydrogen-bond acceptors (Lipinski definition) is 3. The Hall–Kier alpha value is -1.59. The summed E-state index contributed by atoms with van der Waals surface area (Å²) in [5, 5.41) is 3.42. The first-order valence-electron chi connectivity index (χ1n) is 9.43. The largest absolute Gasteiger partial charge is 0.379 e. The van der Waals surface area contributed by atoms with Crippen molar-refractivity contribution in [3.05, 3.63) is 35.4 Å². The van der Waals surface area contributed by atoms with Gasteiger partial charge in [0.15, 0.2) is 5.96 Å². The number of aliphatic imine (C=N–C) groups is 1. The minimum atomic E-state index is 0.541. The lowest BCUT2D eigenvalue weighted by Crippen LogP contribution is -2.40. The van der Waals surface area contributed by atoms with Gasteiger partial charge in [0.05, 0.1) is 13.2 Å². The summed E-state index contributed by atoms with van der Waals surface area (Å²) in [5.74, 6) is 1.52. The molecular weight excluding hydrogens is 312 g/mol. The van der Waals surface area contributed by atoms with Crippen molar-refractivity contribution in [1.82, 2.24) is 15.1 Å². The highest BCUT2D eigenvalue weighted by Gasteiger charge is 2.14. The summed E-state index contributed by atoms with van der Waals surface area (Å²) < 4.78 is 5.42. The van der Waals surface area contributed by atoms with Crippen molar-refractivity contribution in [3.63, 3.8) is 0 Å².